The maximum atomic E-state index is 11.6. The van der Waals surface area contributed by atoms with E-state index in [4.69, 9.17) is 0 Å². The van der Waals surface area contributed by atoms with Gasteiger partial charge in [-0.15, -0.1) is 0 Å². The van der Waals surface area contributed by atoms with Crippen LogP contribution in [0.5, 0.6) is 0 Å². The van der Waals surface area contributed by atoms with Gasteiger partial charge < -0.3 is 9.80 Å². The molecule has 0 spiro atoms. The van der Waals surface area contributed by atoms with Crippen LogP contribution in [-0.4, -0.2) is 47.3 Å². The van der Waals surface area contributed by atoms with Crippen molar-refractivity contribution in [2.75, 3.05) is 19.6 Å². The van der Waals surface area contributed by atoms with Crippen LogP contribution in [0.1, 0.15) is 25.7 Å². The Hall–Kier alpha value is -1.32. The number of nitrogens with zero attached hydrogens (tertiary/aromatic N) is 2. The second kappa shape index (κ2) is 4.68. The zero-order chi connectivity index (χ0) is 11.5. The molecule has 0 saturated carbocycles. The summed E-state index contributed by atoms with van der Waals surface area (Å²) < 4.78 is 0. The van der Waals surface area contributed by atoms with E-state index in [1.165, 1.54) is 6.08 Å². The standard InChI is InChI=1S/C12H18N2O2/c1-2-11(15)13-8-5-10(6-9-13)14-7-3-4-12(14)16/h2,10H,1,3-9H2. The van der Waals surface area contributed by atoms with Gasteiger partial charge in [-0.05, 0) is 25.3 Å². The molecule has 0 bridgehead atoms. The summed E-state index contributed by atoms with van der Waals surface area (Å²) in [5, 5.41) is 0. The van der Waals surface area contributed by atoms with E-state index in [1.54, 1.807) is 0 Å². The van der Waals surface area contributed by atoms with Crippen LogP contribution in [-0.2, 0) is 9.59 Å². The van der Waals surface area contributed by atoms with Crippen molar-refractivity contribution >= 4 is 11.8 Å². The molecule has 0 unspecified atom stereocenters. The third-order valence-corrected chi connectivity index (χ3v) is 3.50. The Bertz CT molecular complexity index is 306. The molecule has 4 heteroatoms. The summed E-state index contributed by atoms with van der Waals surface area (Å²) in [5.41, 5.74) is 0. The van der Waals surface area contributed by atoms with E-state index in [0.29, 0.717) is 12.5 Å². The Morgan fingerprint density at radius 2 is 2.00 bits per heavy atom. The van der Waals surface area contributed by atoms with E-state index in [2.05, 4.69) is 6.58 Å². The maximum Gasteiger partial charge on any atom is 0.245 e. The fourth-order valence-corrected chi connectivity index (χ4v) is 2.58. The Labute approximate surface area is 95.9 Å². The highest BCUT2D eigenvalue weighted by molar-refractivity contribution is 5.87. The van der Waals surface area contributed by atoms with Crippen LogP contribution in [0.25, 0.3) is 0 Å². The zero-order valence-corrected chi connectivity index (χ0v) is 9.52. The maximum absolute atomic E-state index is 11.6. The Balaban J connectivity index is 1.87. The summed E-state index contributed by atoms with van der Waals surface area (Å²) in [5.74, 6) is 0.291. The van der Waals surface area contributed by atoms with E-state index in [9.17, 15) is 9.59 Å². The molecule has 2 fully saturated rings. The van der Waals surface area contributed by atoms with Crippen LogP contribution in [0.15, 0.2) is 12.7 Å². The minimum Gasteiger partial charge on any atom is -0.340 e. The first-order valence-corrected chi connectivity index (χ1v) is 5.93. The lowest BCUT2D eigenvalue weighted by molar-refractivity contribution is -0.132. The van der Waals surface area contributed by atoms with Crippen molar-refractivity contribution < 1.29 is 9.59 Å². The van der Waals surface area contributed by atoms with Gasteiger partial charge in [-0.25, -0.2) is 0 Å². The zero-order valence-electron chi connectivity index (χ0n) is 9.52. The molecule has 2 aliphatic heterocycles. The summed E-state index contributed by atoms with van der Waals surface area (Å²) in [6.45, 7) is 5.89. The molecule has 0 atom stereocenters. The topological polar surface area (TPSA) is 40.6 Å². The Morgan fingerprint density at radius 3 is 2.50 bits per heavy atom. The number of carbonyl (C=O) groups is 2. The molecule has 2 rings (SSSR count). The molecule has 88 valence electrons. The van der Waals surface area contributed by atoms with E-state index in [0.717, 1.165) is 38.9 Å². The Morgan fingerprint density at radius 1 is 1.31 bits per heavy atom. The fourth-order valence-electron chi connectivity index (χ4n) is 2.58. The second-order valence-corrected chi connectivity index (χ2v) is 4.45. The quantitative estimate of drug-likeness (QED) is 0.648. The molecule has 0 aromatic carbocycles. The first-order chi connectivity index (χ1) is 7.72. The normalized spacial score (nSPS) is 22.6. The SMILES string of the molecule is C=CC(=O)N1CCC(N2CCCC2=O)CC1. The summed E-state index contributed by atoms with van der Waals surface area (Å²) in [6, 6.07) is 0.351. The first kappa shape index (κ1) is 11.2. The predicted octanol–water partition coefficient (Wildman–Crippen LogP) is 0.786. The van der Waals surface area contributed by atoms with E-state index in [1.807, 2.05) is 9.80 Å². The lowest BCUT2D eigenvalue weighted by Gasteiger charge is -2.36. The monoisotopic (exact) mass is 222 g/mol. The highest BCUT2D eigenvalue weighted by atomic mass is 16.2. The van der Waals surface area contributed by atoms with Gasteiger partial charge >= 0.3 is 0 Å². The highest BCUT2D eigenvalue weighted by Crippen LogP contribution is 2.22. The summed E-state index contributed by atoms with van der Waals surface area (Å²) in [7, 11) is 0. The number of carbonyl (C=O) groups excluding carboxylic acids is 2. The van der Waals surface area contributed by atoms with Crippen molar-refractivity contribution in [2.45, 2.75) is 31.7 Å². The van der Waals surface area contributed by atoms with Gasteiger partial charge in [0.15, 0.2) is 0 Å². The first-order valence-electron chi connectivity index (χ1n) is 5.93. The number of piperidine rings is 1. The number of amides is 2. The lowest BCUT2D eigenvalue weighted by atomic mass is 10.0. The fraction of sp³-hybridized carbons (Fsp3) is 0.667. The second-order valence-electron chi connectivity index (χ2n) is 4.45. The average molecular weight is 222 g/mol. The van der Waals surface area contributed by atoms with Crippen LogP contribution in [0.4, 0.5) is 0 Å². The van der Waals surface area contributed by atoms with Gasteiger partial charge in [-0.3, -0.25) is 9.59 Å². The number of hydrogen-bond acceptors (Lipinski definition) is 2. The van der Waals surface area contributed by atoms with Crippen LogP contribution in [0.2, 0.25) is 0 Å². The molecule has 0 radical (unpaired) electrons. The Kier molecular flexibility index (Phi) is 3.27. The van der Waals surface area contributed by atoms with Gasteiger partial charge in [-0.2, -0.15) is 0 Å². The van der Waals surface area contributed by atoms with Gasteiger partial charge in [0.1, 0.15) is 0 Å². The molecular formula is C12H18N2O2. The molecule has 0 aromatic rings. The lowest BCUT2D eigenvalue weighted by Crippen LogP contribution is -2.46. The molecular weight excluding hydrogens is 204 g/mol. The minimum atomic E-state index is 0.00574. The molecule has 2 amide bonds. The summed E-state index contributed by atoms with van der Waals surface area (Å²) in [4.78, 5) is 26.8. The van der Waals surface area contributed by atoms with Crippen LogP contribution in [0, 0.1) is 0 Å². The van der Waals surface area contributed by atoms with Gasteiger partial charge in [0.25, 0.3) is 0 Å². The minimum absolute atomic E-state index is 0.00574. The van der Waals surface area contributed by atoms with Gasteiger partial charge in [0.05, 0.1) is 0 Å². The van der Waals surface area contributed by atoms with Crippen molar-refractivity contribution in [3.05, 3.63) is 12.7 Å². The average Bonchev–Trinajstić information content (AvgIpc) is 2.75. The van der Waals surface area contributed by atoms with Gasteiger partial charge in [0, 0.05) is 32.1 Å². The molecule has 0 aromatic heterocycles. The highest BCUT2D eigenvalue weighted by Gasteiger charge is 2.31. The predicted molar refractivity (Wildman–Crippen MR) is 60.7 cm³/mol. The van der Waals surface area contributed by atoms with Crippen LogP contribution >= 0.6 is 0 Å². The third kappa shape index (κ3) is 2.10. The number of likely N-dealkylation sites (tertiary alicyclic amines) is 2. The number of hydrogen-bond donors (Lipinski definition) is 0. The molecule has 16 heavy (non-hydrogen) atoms. The molecule has 0 aliphatic carbocycles. The van der Waals surface area contributed by atoms with E-state index in [-0.39, 0.29) is 11.8 Å². The molecule has 2 saturated heterocycles. The molecule has 0 N–H and O–H groups in total. The van der Waals surface area contributed by atoms with Crippen LogP contribution in [0.3, 0.4) is 0 Å². The smallest absolute Gasteiger partial charge is 0.245 e. The van der Waals surface area contributed by atoms with Gasteiger partial charge in [0.2, 0.25) is 11.8 Å². The van der Waals surface area contributed by atoms with Crippen molar-refractivity contribution in [3.63, 3.8) is 0 Å². The van der Waals surface area contributed by atoms with E-state index < -0.39 is 0 Å². The van der Waals surface area contributed by atoms with Crippen molar-refractivity contribution in [2.24, 2.45) is 0 Å². The van der Waals surface area contributed by atoms with Crippen molar-refractivity contribution in [1.82, 2.24) is 9.80 Å². The van der Waals surface area contributed by atoms with Gasteiger partial charge in [-0.1, -0.05) is 6.58 Å². The summed E-state index contributed by atoms with van der Waals surface area (Å²) >= 11 is 0. The largest absolute Gasteiger partial charge is 0.340 e. The summed E-state index contributed by atoms with van der Waals surface area (Å²) in [6.07, 6.45) is 4.87. The molecule has 2 heterocycles. The third-order valence-electron chi connectivity index (χ3n) is 3.50. The molecule has 4 nitrogen and oxygen atoms in total. The molecule has 2 aliphatic rings. The van der Waals surface area contributed by atoms with Crippen LogP contribution < -0.4 is 0 Å². The van der Waals surface area contributed by atoms with Crippen molar-refractivity contribution in [1.29, 1.82) is 0 Å². The number of rotatable bonds is 2. The van der Waals surface area contributed by atoms with E-state index >= 15 is 0 Å². The van der Waals surface area contributed by atoms with Crippen molar-refractivity contribution in [3.8, 4) is 0 Å².